The second-order valence-corrected chi connectivity index (χ2v) is 3.35. The zero-order valence-electron chi connectivity index (χ0n) is 9.49. The van der Waals surface area contributed by atoms with Crippen molar-refractivity contribution >= 4 is 0 Å². The van der Waals surface area contributed by atoms with Crippen molar-refractivity contribution in [3.8, 4) is 5.75 Å². The number of hydrogen-bond acceptors (Lipinski definition) is 1. The van der Waals surface area contributed by atoms with Crippen LogP contribution in [0.5, 0.6) is 5.75 Å². The van der Waals surface area contributed by atoms with Crippen molar-refractivity contribution < 1.29 is 4.74 Å². The van der Waals surface area contributed by atoms with E-state index in [1.165, 1.54) is 5.56 Å². The minimum absolute atomic E-state index is 0.589. The molecule has 1 heteroatoms. The van der Waals surface area contributed by atoms with Gasteiger partial charge in [-0.1, -0.05) is 37.8 Å². The van der Waals surface area contributed by atoms with E-state index in [9.17, 15) is 0 Å². The maximum atomic E-state index is 5.61. The Morgan fingerprint density at radius 3 is 2.47 bits per heavy atom. The van der Waals surface area contributed by atoms with Crippen LogP contribution in [0.25, 0.3) is 0 Å². The van der Waals surface area contributed by atoms with Crippen LogP contribution in [-0.4, -0.2) is 6.61 Å². The molecular formula is C14H18O. The van der Waals surface area contributed by atoms with Crippen molar-refractivity contribution in [1.82, 2.24) is 0 Å². The molecule has 0 saturated heterocycles. The normalized spacial score (nSPS) is 11.2. The molecule has 0 heterocycles. The SMILES string of the molecule is C=C/C(=C\C)COc1ccc(CC)cc1. The van der Waals surface area contributed by atoms with E-state index in [1.807, 2.05) is 31.2 Å². The molecular weight excluding hydrogens is 184 g/mol. The molecule has 0 aliphatic carbocycles. The highest BCUT2D eigenvalue weighted by molar-refractivity contribution is 5.28. The van der Waals surface area contributed by atoms with Crippen LogP contribution >= 0.6 is 0 Å². The molecule has 0 atom stereocenters. The zero-order valence-corrected chi connectivity index (χ0v) is 9.49. The van der Waals surface area contributed by atoms with Crippen molar-refractivity contribution in [3.63, 3.8) is 0 Å². The average molecular weight is 202 g/mol. The van der Waals surface area contributed by atoms with Gasteiger partial charge in [-0.3, -0.25) is 0 Å². The molecule has 0 N–H and O–H groups in total. The lowest BCUT2D eigenvalue weighted by molar-refractivity contribution is 0.355. The van der Waals surface area contributed by atoms with Gasteiger partial charge in [-0.25, -0.2) is 0 Å². The lowest BCUT2D eigenvalue weighted by Gasteiger charge is -2.06. The molecule has 80 valence electrons. The van der Waals surface area contributed by atoms with Crippen molar-refractivity contribution in [1.29, 1.82) is 0 Å². The van der Waals surface area contributed by atoms with Crippen LogP contribution < -0.4 is 4.74 Å². The molecule has 0 aliphatic rings. The van der Waals surface area contributed by atoms with Crippen molar-refractivity contribution in [3.05, 3.63) is 54.1 Å². The van der Waals surface area contributed by atoms with Gasteiger partial charge in [0.1, 0.15) is 12.4 Å². The van der Waals surface area contributed by atoms with Crippen LogP contribution in [0.15, 0.2) is 48.6 Å². The summed E-state index contributed by atoms with van der Waals surface area (Å²) < 4.78 is 5.61. The second kappa shape index (κ2) is 6.07. The first-order valence-corrected chi connectivity index (χ1v) is 5.29. The van der Waals surface area contributed by atoms with E-state index >= 15 is 0 Å². The number of allylic oxidation sites excluding steroid dienone is 1. The predicted molar refractivity (Wildman–Crippen MR) is 65.3 cm³/mol. The molecule has 0 radical (unpaired) electrons. The maximum absolute atomic E-state index is 5.61. The van der Waals surface area contributed by atoms with Crippen LogP contribution in [0, 0.1) is 0 Å². The number of ether oxygens (including phenoxy) is 1. The lowest BCUT2D eigenvalue weighted by atomic mass is 10.2. The fraction of sp³-hybridized carbons (Fsp3) is 0.286. The number of aryl methyl sites for hydroxylation is 1. The molecule has 0 spiro atoms. The van der Waals surface area contributed by atoms with Gasteiger partial charge in [0.25, 0.3) is 0 Å². The Kier molecular flexibility index (Phi) is 4.69. The molecule has 1 aromatic carbocycles. The van der Waals surface area contributed by atoms with Gasteiger partial charge in [-0.2, -0.15) is 0 Å². The van der Waals surface area contributed by atoms with Crippen LogP contribution in [-0.2, 0) is 6.42 Å². The molecule has 15 heavy (non-hydrogen) atoms. The van der Waals surface area contributed by atoms with Crippen LogP contribution in [0.1, 0.15) is 19.4 Å². The minimum Gasteiger partial charge on any atom is -0.489 e. The third-order valence-electron chi connectivity index (χ3n) is 2.37. The Morgan fingerprint density at radius 2 is 2.00 bits per heavy atom. The van der Waals surface area contributed by atoms with E-state index < -0.39 is 0 Å². The molecule has 0 unspecified atom stereocenters. The molecule has 0 aliphatic heterocycles. The van der Waals surface area contributed by atoms with Crippen LogP contribution in [0.3, 0.4) is 0 Å². The summed E-state index contributed by atoms with van der Waals surface area (Å²) in [5.41, 5.74) is 2.44. The topological polar surface area (TPSA) is 9.23 Å². The van der Waals surface area contributed by atoms with Gasteiger partial charge in [0.15, 0.2) is 0 Å². The average Bonchev–Trinajstić information content (AvgIpc) is 2.31. The summed E-state index contributed by atoms with van der Waals surface area (Å²) in [4.78, 5) is 0. The largest absolute Gasteiger partial charge is 0.489 e. The molecule has 1 aromatic rings. The molecule has 1 nitrogen and oxygen atoms in total. The fourth-order valence-corrected chi connectivity index (χ4v) is 1.25. The van der Waals surface area contributed by atoms with E-state index in [0.717, 1.165) is 17.7 Å². The van der Waals surface area contributed by atoms with Crippen molar-refractivity contribution in [2.45, 2.75) is 20.3 Å². The summed E-state index contributed by atoms with van der Waals surface area (Å²) in [6, 6.07) is 8.21. The first kappa shape index (κ1) is 11.6. The van der Waals surface area contributed by atoms with Gasteiger partial charge < -0.3 is 4.74 Å². The molecule has 0 aromatic heterocycles. The van der Waals surface area contributed by atoms with Crippen molar-refractivity contribution in [2.24, 2.45) is 0 Å². The third kappa shape index (κ3) is 3.62. The van der Waals surface area contributed by atoms with Gasteiger partial charge >= 0.3 is 0 Å². The van der Waals surface area contributed by atoms with Crippen LogP contribution in [0.4, 0.5) is 0 Å². The quantitative estimate of drug-likeness (QED) is 0.660. The van der Waals surface area contributed by atoms with E-state index in [-0.39, 0.29) is 0 Å². The number of benzene rings is 1. The highest BCUT2D eigenvalue weighted by Crippen LogP contribution is 2.13. The molecule has 0 amide bonds. The monoisotopic (exact) mass is 202 g/mol. The predicted octanol–water partition coefficient (Wildman–Crippen LogP) is 3.76. The Hall–Kier alpha value is -1.50. The van der Waals surface area contributed by atoms with E-state index in [1.54, 1.807) is 0 Å². The number of hydrogen-bond donors (Lipinski definition) is 0. The zero-order chi connectivity index (χ0) is 11.1. The smallest absolute Gasteiger partial charge is 0.119 e. The summed E-state index contributed by atoms with van der Waals surface area (Å²) in [5, 5.41) is 0. The first-order valence-electron chi connectivity index (χ1n) is 5.29. The molecule has 0 bridgehead atoms. The second-order valence-electron chi connectivity index (χ2n) is 3.35. The molecule has 1 rings (SSSR count). The minimum atomic E-state index is 0.589. The summed E-state index contributed by atoms with van der Waals surface area (Å²) in [5.74, 6) is 0.911. The Labute approximate surface area is 92.1 Å². The molecule has 0 fully saturated rings. The summed E-state index contributed by atoms with van der Waals surface area (Å²) >= 11 is 0. The Morgan fingerprint density at radius 1 is 1.33 bits per heavy atom. The van der Waals surface area contributed by atoms with Gasteiger partial charge in [-0.05, 0) is 36.6 Å². The Balaban J connectivity index is 2.54. The highest BCUT2D eigenvalue weighted by Gasteiger charge is 1.95. The lowest BCUT2D eigenvalue weighted by Crippen LogP contribution is -1.99. The summed E-state index contributed by atoms with van der Waals surface area (Å²) in [6.07, 6.45) is 4.89. The van der Waals surface area contributed by atoms with Gasteiger partial charge in [0.2, 0.25) is 0 Å². The van der Waals surface area contributed by atoms with Gasteiger partial charge in [-0.15, -0.1) is 0 Å². The highest BCUT2D eigenvalue weighted by atomic mass is 16.5. The van der Waals surface area contributed by atoms with Gasteiger partial charge in [0, 0.05) is 0 Å². The van der Waals surface area contributed by atoms with Crippen LogP contribution in [0.2, 0.25) is 0 Å². The molecule has 0 saturated carbocycles. The standard InChI is InChI=1S/C14H18O/c1-4-12(5-2)11-15-14-9-7-13(6-3)8-10-14/h4-5,7-10H,1,6,11H2,2-3H3/b12-5+. The Bertz CT molecular complexity index is 333. The van der Waals surface area contributed by atoms with E-state index in [4.69, 9.17) is 4.74 Å². The number of rotatable bonds is 5. The summed E-state index contributed by atoms with van der Waals surface area (Å²) in [7, 11) is 0. The van der Waals surface area contributed by atoms with E-state index in [2.05, 4.69) is 25.6 Å². The fourth-order valence-electron chi connectivity index (χ4n) is 1.25. The first-order chi connectivity index (χ1) is 7.30. The van der Waals surface area contributed by atoms with Crippen molar-refractivity contribution in [2.75, 3.05) is 6.61 Å². The summed E-state index contributed by atoms with van der Waals surface area (Å²) in [6.45, 7) is 8.44. The van der Waals surface area contributed by atoms with Gasteiger partial charge in [0.05, 0.1) is 0 Å². The van der Waals surface area contributed by atoms with E-state index in [0.29, 0.717) is 6.61 Å². The third-order valence-corrected chi connectivity index (χ3v) is 2.37. The maximum Gasteiger partial charge on any atom is 0.119 e.